The lowest BCUT2D eigenvalue weighted by Crippen LogP contribution is -2.35. The van der Waals surface area contributed by atoms with Gasteiger partial charge in [0.15, 0.2) is 0 Å². The molecule has 7 heteroatoms. The van der Waals surface area contributed by atoms with E-state index in [-0.39, 0.29) is 18.1 Å². The van der Waals surface area contributed by atoms with Crippen molar-refractivity contribution in [1.82, 2.24) is 4.90 Å². The molecule has 1 heterocycles. The second-order valence-corrected chi connectivity index (χ2v) is 5.76. The zero-order chi connectivity index (χ0) is 14.5. The molecule has 2 N–H and O–H groups in total. The highest BCUT2D eigenvalue weighted by atomic mass is 35.5. The van der Waals surface area contributed by atoms with Gasteiger partial charge in [0.1, 0.15) is 0 Å². The van der Waals surface area contributed by atoms with E-state index in [1.807, 2.05) is 0 Å². The Morgan fingerprint density at radius 3 is 2.86 bits per heavy atom. The van der Waals surface area contributed by atoms with Crippen molar-refractivity contribution in [3.63, 3.8) is 0 Å². The number of likely N-dealkylation sites (tertiary alicyclic amines) is 1. The molecule has 1 atom stereocenters. The number of hydrogen-bond donors (Lipinski definition) is 1. The molecule has 0 radical (unpaired) electrons. The molecular weight excluding hydrogens is 313 g/mol. The molecular formula is C14H21Cl2N3O2. The normalized spacial score (nSPS) is 19.0. The minimum Gasteiger partial charge on any atom is -0.330 e. The first-order valence-corrected chi connectivity index (χ1v) is 7.33. The smallest absolute Gasteiger partial charge is 0.270 e. The van der Waals surface area contributed by atoms with Crippen molar-refractivity contribution in [1.29, 1.82) is 0 Å². The Morgan fingerprint density at radius 1 is 1.48 bits per heavy atom. The molecule has 0 amide bonds. The fourth-order valence-corrected chi connectivity index (χ4v) is 3.02. The van der Waals surface area contributed by atoms with Crippen LogP contribution in [0, 0.1) is 16.0 Å². The van der Waals surface area contributed by atoms with E-state index in [0.717, 1.165) is 38.2 Å². The van der Waals surface area contributed by atoms with Crippen LogP contribution in [-0.4, -0.2) is 29.5 Å². The number of halogens is 2. The van der Waals surface area contributed by atoms with E-state index in [4.69, 9.17) is 17.3 Å². The van der Waals surface area contributed by atoms with Crippen LogP contribution in [0.15, 0.2) is 18.2 Å². The number of hydrogen-bond acceptors (Lipinski definition) is 4. The first-order chi connectivity index (χ1) is 9.60. The van der Waals surface area contributed by atoms with Crippen molar-refractivity contribution >= 4 is 29.7 Å². The van der Waals surface area contributed by atoms with Crippen LogP contribution in [0.25, 0.3) is 0 Å². The summed E-state index contributed by atoms with van der Waals surface area (Å²) in [6, 6.07) is 4.70. The molecule has 1 aromatic carbocycles. The summed E-state index contributed by atoms with van der Waals surface area (Å²) in [5.41, 5.74) is 6.61. The number of nitro groups is 1. The third-order valence-corrected chi connectivity index (χ3v) is 4.17. The second kappa shape index (κ2) is 8.54. The average molecular weight is 334 g/mol. The maximum Gasteiger partial charge on any atom is 0.270 e. The van der Waals surface area contributed by atoms with Crippen molar-refractivity contribution in [2.45, 2.75) is 25.8 Å². The Hall–Kier alpha value is -0.880. The number of rotatable bonds is 5. The van der Waals surface area contributed by atoms with Crippen molar-refractivity contribution in [2.24, 2.45) is 11.7 Å². The van der Waals surface area contributed by atoms with Crippen LogP contribution in [0.3, 0.4) is 0 Å². The Balaban J connectivity index is 0.00000220. The van der Waals surface area contributed by atoms with Gasteiger partial charge in [0.2, 0.25) is 0 Å². The number of nitrogens with zero attached hydrogens (tertiary/aromatic N) is 2. The summed E-state index contributed by atoms with van der Waals surface area (Å²) in [5, 5.41) is 11.2. The first kappa shape index (κ1) is 18.2. The maximum atomic E-state index is 10.7. The molecule has 118 valence electrons. The number of nitro benzene ring substituents is 1. The monoisotopic (exact) mass is 333 g/mol. The number of benzene rings is 1. The molecule has 0 aliphatic carbocycles. The summed E-state index contributed by atoms with van der Waals surface area (Å²) in [6.07, 6.45) is 3.47. The predicted molar refractivity (Wildman–Crippen MR) is 87.0 cm³/mol. The molecule has 21 heavy (non-hydrogen) atoms. The second-order valence-electron chi connectivity index (χ2n) is 5.35. The SMILES string of the molecule is Cl.NCCC1CCCN(Cc2ccc([N+](=O)[O-])cc2Cl)C1. The van der Waals surface area contributed by atoms with Crippen LogP contribution in [0.2, 0.25) is 5.02 Å². The highest BCUT2D eigenvalue weighted by Crippen LogP contribution is 2.26. The summed E-state index contributed by atoms with van der Waals surface area (Å²) in [4.78, 5) is 12.6. The Bertz CT molecular complexity index is 483. The van der Waals surface area contributed by atoms with Gasteiger partial charge in [0.25, 0.3) is 5.69 Å². The zero-order valence-corrected chi connectivity index (χ0v) is 13.4. The van der Waals surface area contributed by atoms with Crippen LogP contribution in [0.5, 0.6) is 0 Å². The summed E-state index contributed by atoms with van der Waals surface area (Å²) in [7, 11) is 0. The lowest BCUT2D eigenvalue weighted by atomic mass is 9.94. The lowest BCUT2D eigenvalue weighted by molar-refractivity contribution is -0.384. The highest BCUT2D eigenvalue weighted by molar-refractivity contribution is 6.31. The zero-order valence-electron chi connectivity index (χ0n) is 11.8. The van der Waals surface area contributed by atoms with Crippen molar-refractivity contribution in [2.75, 3.05) is 19.6 Å². The molecule has 0 spiro atoms. The summed E-state index contributed by atoms with van der Waals surface area (Å²) >= 11 is 6.14. The van der Waals surface area contributed by atoms with Crippen LogP contribution >= 0.6 is 24.0 Å². The van der Waals surface area contributed by atoms with E-state index >= 15 is 0 Å². The number of piperidine rings is 1. The van der Waals surface area contributed by atoms with Gasteiger partial charge in [-0.05, 0) is 49.9 Å². The maximum absolute atomic E-state index is 10.7. The molecule has 1 fully saturated rings. The van der Waals surface area contributed by atoms with Crippen LogP contribution in [0.4, 0.5) is 5.69 Å². The summed E-state index contributed by atoms with van der Waals surface area (Å²) in [6.45, 7) is 3.56. The predicted octanol–water partition coefficient (Wildman–Crippen LogP) is 3.23. The quantitative estimate of drug-likeness (QED) is 0.663. The third kappa shape index (κ3) is 5.11. The molecule has 5 nitrogen and oxygen atoms in total. The average Bonchev–Trinajstić information content (AvgIpc) is 2.42. The third-order valence-electron chi connectivity index (χ3n) is 3.82. The standard InChI is InChI=1S/C14H20ClN3O2.ClH/c15-14-8-13(18(19)20)4-3-12(14)10-17-7-1-2-11(9-17)5-6-16;/h3-4,8,11H,1-2,5-7,9-10,16H2;1H. The van der Waals surface area contributed by atoms with Gasteiger partial charge in [-0.25, -0.2) is 0 Å². The van der Waals surface area contributed by atoms with Gasteiger partial charge in [-0.2, -0.15) is 0 Å². The Morgan fingerprint density at radius 2 is 2.24 bits per heavy atom. The number of non-ortho nitro benzene ring substituents is 1. The van der Waals surface area contributed by atoms with Crippen LogP contribution in [0.1, 0.15) is 24.8 Å². The Kier molecular flexibility index (Phi) is 7.39. The summed E-state index contributed by atoms with van der Waals surface area (Å²) in [5.74, 6) is 0.658. The molecule has 0 saturated carbocycles. The van der Waals surface area contributed by atoms with E-state index in [1.165, 1.54) is 25.0 Å². The fraction of sp³-hybridized carbons (Fsp3) is 0.571. The summed E-state index contributed by atoms with van der Waals surface area (Å²) < 4.78 is 0. The largest absolute Gasteiger partial charge is 0.330 e. The first-order valence-electron chi connectivity index (χ1n) is 6.95. The van der Waals surface area contributed by atoms with E-state index < -0.39 is 4.92 Å². The minimum absolute atomic E-state index is 0. The van der Waals surface area contributed by atoms with Gasteiger partial charge in [0, 0.05) is 25.2 Å². The molecule has 1 aromatic rings. The van der Waals surface area contributed by atoms with E-state index in [1.54, 1.807) is 6.07 Å². The molecule has 1 aliphatic rings. The van der Waals surface area contributed by atoms with Crippen LogP contribution < -0.4 is 5.73 Å². The molecule has 1 aliphatic heterocycles. The van der Waals surface area contributed by atoms with Crippen molar-refractivity contribution < 1.29 is 4.92 Å². The van der Waals surface area contributed by atoms with Crippen molar-refractivity contribution in [3.05, 3.63) is 38.9 Å². The van der Waals surface area contributed by atoms with Crippen molar-refractivity contribution in [3.8, 4) is 0 Å². The highest BCUT2D eigenvalue weighted by Gasteiger charge is 2.20. The molecule has 0 bridgehead atoms. The molecule has 1 saturated heterocycles. The van der Waals surface area contributed by atoms with Gasteiger partial charge >= 0.3 is 0 Å². The van der Waals surface area contributed by atoms with Gasteiger partial charge in [-0.3, -0.25) is 15.0 Å². The fourth-order valence-electron chi connectivity index (χ4n) is 2.79. The van der Waals surface area contributed by atoms with Gasteiger partial charge in [0.05, 0.1) is 9.95 Å². The lowest BCUT2D eigenvalue weighted by Gasteiger charge is -2.32. The van der Waals surface area contributed by atoms with Gasteiger partial charge in [-0.1, -0.05) is 11.6 Å². The Labute approximate surface area is 136 Å². The molecule has 1 unspecified atom stereocenters. The van der Waals surface area contributed by atoms with Gasteiger partial charge < -0.3 is 5.73 Å². The number of nitrogens with two attached hydrogens (primary N) is 1. The van der Waals surface area contributed by atoms with E-state index in [0.29, 0.717) is 10.9 Å². The topological polar surface area (TPSA) is 72.4 Å². The molecule has 2 rings (SSSR count). The van der Waals surface area contributed by atoms with E-state index in [9.17, 15) is 10.1 Å². The van der Waals surface area contributed by atoms with Crippen LogP contribution in [-0.2, 0) is 6.54 Å². The molecule has 0 aromatic heterocycles. The van der Waals surface area contributed by atoms with E-state index in [2.05, 4.69) is 4.90 Å². The van der Waals surface area contributed by atoms with Gasteiger partial charge in [-0.15, -0.1) is 12.4 Å². The minimum atomic E-state index is -0.423.